The van der Waals surface area contributed by atoms with Gasteiger partial charge in [-0.15, -0.1) is 0 Å². The van der Waals surface area contributed by atoms with Crippen molar-refractivity contribution in [3.8, 4) is 0 Å². The second-order valence-electron chi connectivity index (χ2n) is 5.13. The highest BCUT2D eigenvalue weighted by molar-refractivity contribution is 5.75. The van der Waals surface area contributed by atoms with Crippen molar-refractivity contribution in [3.05, 3.63) is 30.1 Å². The number of carbonyl (C=O) groups is 2. The molecule has 1 aromatic rings. The Bertz CT molecular complexity index is 567. The summed E-state index contributed by atoms with van der Waals surface area (Å²) in [5.74, 6) is -1.83. The van der Waals surface area contributed by atoms with Crippen LogP contribution in [0.4, 0.5) is 4.79 Å². The van der Waals surface area contributed by atoms with Gasteiger partial charge in [-0.05, 0) is 12.5 Å². The number of nitrogens with zero attached hydrogens (tertiary/aromatic N) is 3. The van der Waals surface area contributed by atoms with Crippen molar-refractivity contribution >= 4 is 12.1 Å². The molecule has 1 aromatic heterocycles. The van der Waals surface area contributed by atoms with Crippen LogP contribution in [0.1, 0.15) is 17.2 Å². The summed E-state index contributed by atoms with van der Waals surface area (Å²) in [7, 11) is 1.81. The molecule has 7 heteroatoms. The molecule has 0 spiro atoms. The first-order valence-electron chi connectivity index (χ1n) is 6.69. The van der Waals surface area contributed by atoms with E-state index in [1.165, 1.54) is 11.0 Å². The van der Waals surface area contributed by atoms with Crippen LogP contribution in [0.25, 0.3) is 0 Å². The van der Waals surface area contributed by atoms with E-state index in [4.69, 9.17) is 4.74 Å². The van der Waals surface area contributed by atoms with E-state index in [1.807, 2.05) is 6.92 Å². The number of carboxylic acid groups (broad SMARTS) is 1. The number of aromatic nitrogens is 2. The molecule has 1 fully saturated rings. The Morgan fingerprint density at radius 3 is 2.81 bits per heavy atom. The van der Waals surface area contributed by atoms with Crippen molar-refractivity contribution in [3.63, 3.8) is 0 Å². The van der Waals surface area contributed by atoms with Crippen molar-refractivity contribution < 1.29 is 19.4 Å². The number of rotatable bonds is 4. The van der Waals surface area contributed by atoms with E-state index in [0.717, 1.165) is 11.3 Å². The third-order valence-electron chi connectivity index (χ3n) is 3.89. The minimum Gasteiger partial charge on any atom is -0.481 e. The van der Waals surface area contributed by atoms with Gasteiger partial charge in [0.1, 0.15) is 6.61 Å². The zero-order chi connectivity index (χ0) is 15.6. The Labute approximate surface area is 122 Å². The second-order valence-corrected chi connectivity index (χ2v) is 5.13. The van der Waals surface area contributed by atoms with E-state index in [1.54, 1.807) is 17.9 Å². The zero-order valence-corrected chi connectivity index (χ0v) is 12.2. The Morgan fingerprint density at radius 1 is 1.57 bits per heavy atom. The monoisotopic (exact) mass is 293 g/mol. The van der Waals surface area contributed by atoms with Crippen LogP contribution in [-0.2, 0) is 16.6 Å². The van der Waals surface area contributed by atoms with Gasteiger partial charge in [0, 0.05) is 31.7 Å². The highest BCUT2D eigenvalue weighted by atomic mass is 16.6. The summed E-state index contributed by atoms with van der Waals surface area (Å²) in [5.41, 5.74) is 1.77. The highest BCUT2D eigenvalue weighted by Gasteiger charge is 2.42. The van der Waals surface area contributed by atoms with Gasteiger partial charge in [-0.1, -0.05) is 12.7 Å². The van der Waals surface area contributed by atoms with Crippen molar-refractivity contribution in [1.29, 1.82) is 0 Å². The molecule has 2 atom stereocenters. The number of aliphatic carboxylic acids is 1. The van der Waals surface area contributed by atoms with E-state index in [0.29, 0.717) is 6.54 Å². The van der Waals surface area contributed by atoms with E-state index in [2.05, 4.69) is 11.7 Å². The molecule has 0 aromatic carbocycles. The molecule has 0 aliphatic carbocycles. The number of hydrogen-bond donors (Lipinski definition) is 1. The number of aryl methyl sites for hydroxylation is 1. The van der Waals surface area contributed by atoms with Gasteiger partial charge in [0.2, 0.25) is 0 Å². The highest BCUT2D eigenvalue weighted by Crippen LogP contribution is 2.34. The molecule has 2 heterocycles. The topological polar surface area (TPSA) is 84.7 Å². The number of hydrogen-bond acceptors (Lipinski definition) is 4. The van der Waals surface area contributed by atoms with Crippen molar-refractivity contribution in [2.45, 2.75) is 12.8 Å². The fraction of sp³-hybridized carbons (Fsp3) is 0.500. The summed E-state index contributed by atoms with van der Waals surface area (Å²) in [5, 5.41) is 13.5. The van der Waals surface area contributed by atoms with E-state index in [-0.39, 0.29) is 19.1 Å². The van der Waals surface area contributed by atoms with Crippen LogP contribution in [0, 0.1) is 12.8 Å². The van der Waals surface area contributed by atoms with Gasteiger partial charge in [0.05, 0.1) is 12.1 Å². The molecular weight excluding hydrogens is 274 g/mol. The Balaban J connectivity index is 2.20. The van der Waals surface area contributed by atoms with Gasteiger partial charge in [-0.3, -0.25) is 9.48 Å². The Hall–Kier alpha value is -2.31. The zero-order valence-electron chi connectivity index (χ0n) is 12.2. The fourth-order valence-corrected chi connectivity index (χ4v) is 2.62. The molecule has 2 rings (SSSR count). The van der Waals surface area contributed by atoms with Gasteiger partial charge in [0.15, 0.2) is 0 Å². The van der Waals surface area contributed by atoms with Crippen molar-refractivity contribution in [2.24, 2.45) is 13.0 Å². The summed E-state index contributed by atoms with van der Waals surface area (Å²) in [6.07, 6.45) is 2.64. The van der Waals surface area contributed by atoms with Crippen molar-refractivity contribution in [2.75, 3.05) is 19.7 Å². The molecule has 114 valence electrons. The average molecular weight is 293 g/mol. The van der Waals surface area contributed by atoms with Crippen molar-refractivity contribution in [1.82, 2.24) is 14.7 Å². The average Bonchev–Trinajstić information content (AvgIpc) is 3.01. The van der Waals surface area contributed by atoms with Gasteiger partial charge < -0.3 is 14.7 Å². The molecule has 0 unspecified atom stereocenters. The van der Waals surface area contributed by atoms with Crippen LogP contribution in [0.5, 0.6) is 0 Å². The molecular formula is C14H19N3O4. The maximum Gasteiger partial charge on any atom is 0.410 e. The second kappa shape index (κ2) is 5.99. The molecule has 7 nitrogen and oxygen atoms in total. The molecule has 1 aliphatic heterocycles. The first kappa shape index (κ1) is 15.1. The first-order valence-corrected chi connectivity index (χ1v) is 6.69. The maximum atomic E-state index is 11.9. The third kappa shape index (κ3) is 2.91. The van der Waals surface area contributed by atoms with Gasteiger partial charge in [0.25, 0.3) is 0 Å². The molecule has 1 amide bonds. The number of carbonyl (C=O) groups excluding carboxylic acids is 1. The summed E-state index contributed by atoms with van der Waals surface area (Å²) < 4.78 is 6.68. The minimum atomic E-state index is -0.915. The lowest BCUT2D eigenvalue weighted by Crippen LogP contribution is -2.30. The molecule has 1 N–H and O–H groups in total. The molecule has 0 bridgehead atoms. The predicted molar refractivity (Wildman–Crippen MR) is 74.9 cm³/mol. The van der Waals surface area contributed by atoms with Gasteiger partial charge >= 0.3 is 12.1 Å². The van der Waals surface area contributed by atoms with Crippen LogP contribution >= 0.6 is 0 Å². The first-order chi connectivity index (χ1) is 9.95. The van der Waals surface area contributed by atoms with Crippen LogP contribution in [0.3, 0.4) is 0 Å². The minimum absolute atomic E-state index is 0.115. The third-order valence-corrected chi connectivity index (χ3v) is 3.89. The molecule has 1 aliphatic rings. The smallest absolute Gasteiger partial charge is 0.410 e. The van der Waals surface area contributed by atoms with E-state index >= 15 is 0 Å². The largest absolute Gasteiger partial charge is 0.481 e. The lowest BCUT2D eigenvalue weighted by Gasteiger charge is -2.15. The van der Waals surface area contributed by atoms with E-state index < -0.39 is 18.0 Å². The summed E-state index contributed by atoms with van der Waals surface area (Å²) in [4.78, 5) is 24.8. The Morgan fingerprint density at radius 2 is 2.29 bits per heavy atom. The van der Waals surface area contributed by atoms with Crippen LogP contribution in [-0.4, -0.2) is 51.5 Å². The van der Waals surface area contributed by atoms with Gasteiger partial charge in [-0.2, -0.15) is 5.10 Å². The lowest BCUT2D eigenvalue weighted by atomic mass is 9.89. The number of amides is 1. The number of ether oxygens (including phenoxy) is 1. The van der Waals surface area contributed by atoms with Gasteiger partial charge in [-0.25, -0.2) is 4.79 Å². The quantitative estimate of drug-likeness (QED) is 0.842. The van der Waals surface area contributed by atoms with E-state index in [9.17, 15) is 14.7 Å². The summed E-state index contributed by atoms with van der Waals surface area (Å²) >= 11 is 0. The fourth-order valence-electron chi connectivity index (χ4n) is 2.62. The number of carboxylic acids is 1. The SMILES string of the molecule is C=CCOC(=O)N1C[C@@H](C(=O)O)[C@H](c2cnn(C)c2C)C1. The molecule has 21 heavy (non-hydrogen) atoms. The molecule has 0 radical (unpaired) electrons. The van der Waals surface area contributed by atoms with Crippen LogP contribution in [0.2, 0.25) is 0 Å². The normalized spacial score (nSPS) is 21.3. The summed E-state index contributed by atoms with van der Waals surface area (Å²) in [6, 6.07) is 0. The van der Waals surface area contributed by atoms with Crippen LogP contribution in [0.15, 0.2) is 18.9 Å². The predicted octanol–water partition coefficient (Wildman–Crippen LogP) is 1.15. The standard InChI is InChI=1S/C14H19N3O4/c1-4-5-21-14(20)17-7-11(12(8-17)13(18)19)10-6-15-16(3)9(10)2/h4,6,11-12H,1,5,7-8H2,2-3H3,(H,18,19)/t11-,12+/m0/s1. The van der Waals surface area contributed by atoms with Crippen LogP contribution < -0.4 is 0 Å². The molecule has 0 saturated carbocycles. The summed E-state index contributed by atoms with van der Waals surface area (Å²) in [6.45, 7) is 5.94. The maximum absolute atomic E-state index is 11.9. The molecule has 1 saturated heterocycles. The Kier molecular flexibility index (Phi) is 4.30. The number of likely N-dealkylation sites (tertiary alicyclic amines) is 1. The lowest BCUT2D eigenvalue weighted by molar-refractivity contribution is -0.141.